The minimum Gasteiger partial charge on any atom is -0.339 e. The van der Waals surface area contributed by atoms with Crippen LogP contribution in [0.1, 0.15) is 44.1 Å². The maximum atomic E-state index is 13.1. The molecule has 0 bridgehead atoms. The van der Waals surface area contributed by atoms with E-state index in [-0.39, 0.29) is 5.92 Å². The number of rotatable bonds is 4. The quantitative estimate of drug-likeness (QED) is 0.520. The lowest BCUT2D eigenvalue weighted by atomic mass is 9.93. The first-order valence-electron chi connectivity index (χ1n) is 11.1. The van der Waals surface area contributed by atoms with Crippen LogP contribution in [0.25, 0.3) is 21.9 Å². The number of pyridine rings is 1. The number of nitrogens with zero attached hydrogens (tertiary/aromatic N) is 2. The average Bonchev–Trinajstić information content (AvgIpc) is 3.14. The highest BCUT2D eigenvalue weighted by Crippen LogP contribution is 2.31. The van der Waals surface area contributed by atoms with Crippen LogP contribution in [-0.2, 0) is 11.2 Å². The molecule has 3 aromatic rings. The van der Waals surface area contributed by atoms with Gasteiger partial charge in [-0.3, -0.25) is 4.79 Å². The molecule has 0 radical (unpaired) electrons. The van der Waals surface area contributed by atoms with Crippen LogP contribution in [0, 0.1) is 11.9 Å². The Labute approximate surface area is 176 Å². The van der Waals surface area contributed by atoms with Crippen molar-refractivity contribution in [3.05, 3.63) is 66.2 Å². The van der Waals surface area contributed by atoms with Gasteiger partial charge in [0.15, 0.2) is 0 Å². The molecule has 5 rings (SSSR count). The van der Waals surface area contributed by atoms with Crippen LogP contribution in [0.15, 0.2) is 54.7 Å². The fraction of sp³-hybridized carbons (Fsp3) is 0.385. The van der Waals surface area contributed by atoms with Crippen molar-refractivity contribution in [3.8, 4) is 11.1 Å². The van der Waals surface area contributed by atoms with Gasteiger partial charge in [-0.05, 0) is 65.8 Å². The summed E-state index contributed by atoms with van der Waals surface area (Å²) in [5.41, 5.74) is 3.15. The predicted molar refractivity (Wildman–Crippen MR) is 118 cm³/mol. The smallest absolute Gasteiger partial charge is 0.226 e. The number of likely N-dealkylation sites (tertiary alicyclic amines) is 1. The van der Waals surface area contributed by atoms with Gasteiger partial charge in [0.05, 0.1) is 0 Å². The molecule has 1 aliphatic heterocycles. The average molecular weight is 403 g/mol. The number of hydrogen-bond donors (Lipinski definition) is 0. The van der Waals surface area contributed by atoms with Crippen LogP contribution in [0.3, 0.4) is 0 Å². The van der Waals surface area contributed by atoms with Gasteiger partial charge in [0, 0.05) is 30.3 Å². The highest BCUT2D eigenvalue weighted by atomic mass is 19.1. The zero-order chi connectivity index (χ0) is 20.5. The van der Waals surface area contributed by atoms with E-state index in [2.05, 4.69) is 40.2 Å². The maximum Gasteiger partial charge on any atom is 0.226 e. The van der Waals surface area contributed by atoms with Crippen molar-refractivity contribution >= 4 is 16.7 Å². The summed E-state index contributed by atoms with van der Waals surface area (Å²) >= 11 is 0. The second kappa shape index (κ2) is 8.17. The SMILES string of the molecule is O=C1C(Cc2ccc3cc(-c4ccc(F)nc4)ccc3c2)CCN1C1CCCCC1. The third-order valence-electron chi connectivity index (χ3n) is 6.81. The van der Waals surface area contributed by atoms with E-state index in [0.717, 1.165) is 35.9 Å². The van der Waals surface area contributed by atoms with Crippen LogP contribution < -0.4 is 0 Å². The Bertz CT molecular complexity index is 1060. The molecule has 1 aromatic heterocycles. The van der Waals surface area contributed by atoms with Crippen molar-refractivity contribution in [3.63, 3.8) is 0 Å². The van der Waals surface area contributed by atoms with Crippen LogP contribution in [0.5, 0.6) is 0 Å². The molecule has 3 nitrogen and oxygen atoms in total. The molecule has 0 N–H and O–H groups in total. The van der Waals surface area contributed by atoms with Gasteiger partial charge in [0.25, 0.3) is 0 Å². The number of carbonyl (C=O) groups is 1. The molecular weight excluding hydrogens is 375 g/mol. The van der Waals surface area contributed by atoms with E-state index in [4.69, 9.17) is 0 Å². The lowest BCUT2D eigenvalue weighted by Crippen LogP contribution is -2.39. The number of fused-ring (bicyclic) bond motifs is 1. The van der Waals surface area contributed by atoms with Gasteiger partial charge in [0.1, 0.15) is 0 Å². The Hall–Kier alpha value is -2.75. The normalized spacial score (nSPS) is 20.2. The third-order valence-corrected chi connectivity index (χ3v) is 6.81. The van der Waals surface area contributed by atoms with Gasteiger partial charge in [0.2, 0.25) is 11.9 Å². The fourth-order valence-electron chi connectivity index (χ4n) is 5.14. The molecule has 2 fully saturated rings. The van der Waals surface area contributed by atoms with Gasteiger partial charge in [-0.1, -0.05) is 49.6 Å². The molecule has 1 unspecified atom stereocenters. The molecule has 1 atom stereocenters. The third kappa shape index (κ3) is 3.83. The standard InChI is InChI=1S/C26H27FN2O/c27-25-11-10-23(17-28-25)21-9-8-19-14-18(6-7-20(19)16-21)15-22-12-13-29(26(22)30)24-4-2-1-3-5-24/h6-11,14,16-17,22,24H,1-5,12-13,15H2. The molecule has 30 heavy (non-hydrogen) atoms. The van der Waals surface area contributed by atoms with Gasteiger partial charge in [-0.2, -0.15) is 4.39 Å². The van der Waals surface area contributed by atoms with E-state index in [1.807, 2.05) is 6.07 Å². The Morgan fingerprint density at radius 2 is 1.67 bits per heavy atom. The maximum absolute atomic E-state index is 13.1. The summed E-state index contributed by atoms with van der Waals surface area (Å²) in [5, 5.41) is 2.31. The van der Waals surface area contributed by atoms with Crippen LogP contribution in [-0.4, -0.2) is 28.4 Å². The summed E-state index contributed by atoms with van der Waals surface area (Å²) in [7, 11) is 0. The first-order valence-corrected chi connectivity index (χ1v) is 11.1. The molecule has 2 aromatic carbocycles. The fourth-order valence-corrected chi connectivity index (χ4v) is 5.14. The van der Waals surface area contributed by atoms with Gasteiger partial charge < -0.3 is 4.90 Å². The summed E-state index contributed by atoms with van der Waals surface area (Å²) in [4.78, 5) is 18.9. The van der Waals surface area contributed by atoms with Crippen LogP contribution in [0.2, 0.25) is 0 Å². The monoisotopic (exact) mass is 402 g/mol. The number of amides is 1. The summed E-state index contributed by atoms with van der Waals surface area (Å²) in [5.74, 6) is 0.0165. The zero-order valence-corrected chi connectivity index (χ0v) is 17.2. The number of hydrogen-bond acceptors (Lipinski definition) is 2. The number of carbonyl (C=O) groups excluding carboxylic acids is 1. The molecule has 4 heteroatoms. The molecule has 154 valence electrons. The molecule has 2 aliphatic rings. The predicted octanol–water partition coefficient (Wildman–Crippen LogP) is 5.76. The Balaban J connectivity index is 1.31. The van der Waals surface area contributed by atoms with Crippen molar-refractivity contribution in [1.82, 2.24) is 9.88 Å². The van der Waals surface area contributed by atoms with E-state index in [0.29, 0.717) is 11.9 Å². The minimum atomic E-state index is -0.465. The molecule has 1 amide bonds. The second-order valence-electron chi connectivity index (χ2n) is 8.78. The van der Waals surface area contributed by atoms with E-state index >= 15 is 0 Å². The highest BCUT2D eigenvalue weighted by Gasteiger charge is 2.36. The Morgan fingerprint density at radius 1 is 0.900 bits per heavy atom. The van der Waals surface area contributed by atoms with E-state index < -0.39 is 5.95 Å². The minimum absolute atomic E-state index is 0.119. The Morgan fingerprint density at radius 3 is 2.47 bits per heavy atom. The summed E-state index contributed by atoms with van der Waals surface area (Å²) in [6.07, 6.45) is 9.57. The molecule has 1 saturated carbocycles. The second-order valence-corrected chi connectivity index (χ2v) is 8.78. The van der Waals surface area contributed by atoms with Crippen molar-refractivity contribution < 1.29 is 9.18 Å². The summed E-state index contributed by atoms with van der Waals surface area (Å²) in [6.45, 7) is 0.927. The zero-order valence-electron chi connectivity index (χ0n) is 17.2. The van der Waals surface area contributed by atoms with Crippen LogP contribution in [0.4, 0.5) is 4.39 Å². The lowest BCUT2D eigenvalue weighted by Gasteiger charge is -2.31. The largest absolute Gasteiger partial charge is 0.339 e. The number of benzene rings is 2. The van der Waals surface area contributed by atoms with Crippen LogP contribution >= 0.6 is 0 Å². The Kier molecular flexibility index (Phi) is 5.24. The molecule has 2 heterocycles. The van der Waals surface area contributed by atoms with Crippen molar-refractivity contribution in [2.75, 3.05) is 6.54 Å². The summed E-state index contributed by atoms with van der Waals surface area (Å²) in [6, 6.07) is 16.4. The van der Waals surface area contributed by atoms with Crippen molar-refractivity contribution in [2.45, 2.75) is 51.0 Å². The highest BCUT2D eigenvalue weighted by molar-refractivity contribution is 5.88. The van der Waals surface area contributed by atoms with Gasteiger partial charge in [-0.25, -0.2) is 4.98 Å². The van der Waals surface area contributed by atoms with E-state index in [1.165, 1.54) is 49.1 Å². The molecule has 1 aliphatic carbocycles. The van der Waals surface area contributed by atoms with E-state index in [9.17, 15) is 9.18 Å². The van der Waals surface area contributed by atoms with Gasteiger partial charge >= 0.3 is 0 Å². The van der Waals surface area contributed by atoms with E-state index in [1.54, 1.807) is 12.3 Å². The van der Waals surface area contributed by atoms with Crippen molar-refractivity contribution in [1.29, 1.82) is 0 Å². The number of aromatic nitrogens is 1. The lowest BCUT2D eigenvalue weighted by molar-refractivity contribution is -0.133. The van der Waals surface area contributed by atoms with Gasteiger partial charge in [-0.15, -0.1) is 0 Å². The first-order chi connectivity index (χ1) is 14.7. The molecule has 0 spiro atoms. The topological polar surface area (TPSA) is 33.2 Å². The first kappa shape index (κ1) is 19.2. The molecule has 1 saturated heterocycles. The molecular formula is C26H27FN2O. The number of halogens is 1. The van der Waals surface area contributed by atoms with Crippen molar-refractivity contribution in [2.24, 2.45) is 5.92 Å². The summed E-state index contributed by atoms with van der Waals surface area (Å²) < 4.78 is 13.1.